The molecule has 4 heteroatoms. The number of halogens is 1. The molecule has 0 aliphatic carbocycles. The van der Waals surface area contributed by atoms with Crippen LogP contribution in [-0.4, -0.2) is 29.0 Å². The molecule has 0 bridgehead atoms. The van der Waals surface area contributed by atoms with Gasteiger partial charge in [0.25, 0.3) is 5.91 Å². The first-order valence-corrected chi connectivity index (χ1v) is 7.53. The molecule has 1 heterocycles. The second kappa shape index (κ2) is 6.04. The first-order valence-electron chi connectivity index (χ1n) is 7.16. The van der Waals surface area contributed by atoms with E-state index >= 15 is 0 Å². The molecular formula is C16H22ClNO2. The second-order valence-corrected chi connectivity index (χ2v) is 6.35. The molecule has 1 atom stereocenters. The summed E-state index contributed by atoms with van der Waals surface area (Å²) in [6.45, 7) is 6.58. The average molecular weight is 296 g/mol. The molecule has 1 aliphatic heterocycles. The lowest BCUT2D eigenvalue weighted by molar-refractivity contribution is -0.148. The minimum absolute atomic E-state index is 0.0552. The van der Waals surface area contributed by atoms with Crippen molar-refractivity contribution in [3.05, 3.63) is 29.3 Å². The van der Waals surface area contributed by atoms with Crippen LogP contribution in [0.4, 0.5) is 0 Å². The van der Waals surface area contributed by atoms with Crippen LogP contribution in [-0.2, 0) is 4.79 Å². The zero-order valence-corrected chi connectivity index (χ0v) is 13.1. The fourth-order valence-electron chi connectivity index (χ4n) is 2.59. The van der Waals surface area contributed by atoms with Gasteiger partial charge in [-0.3, -0.25) is 4.79 Å². The number of benzene rings is 1. The molecule has 110 valence electrons. The Balaban J connectivity index is 2.08. The number of nitrogens with zero attached hydrogens (tertiary/aromatic N) is 1. The second-order valence-electron chi connectivity index (χ2n) is 5.91. The molecule has 0 aromatic heterocycles. The SMILES string of the molecule is CC1CCCCN1C(=O)C(C)(C)Oc1ccc(Cl)cc1. The van der Waals surface area contributed by atoms with Crippen molar-refractivity contribution in [2.75, 3.05) is 6.54 Å². The van der Waals surface area contributed by atoms with E-state index in [0.29, 0.717) is 16.8 Å². The molecular weight excluding hydrogens is 274 g/mol. The van der Waals surface area contributed by atoms with Crippen molar-refractivity contribution in [1.82, 2.24) is 4.90 Å². The number of piperidine rings is 1. The summed E-state index contributed by atoms with van der Waals surface area (Å²) in [5.41, 5.74) is -0.862. The van der Waals surface area contributed by atoms with E-state index in [0.717, 1.165) is 19.4 Å². The van der Waals surface area contributed by atoms with Gasteiger partial charge in [0.05, 0.1) is 0 Å². The number of likely N-dealkylation sites (tertiary alicyclic amines) is 1. The Hall–Kier alpha value is -1.22. The topological polar surface area (TPSA) is 29.5 Å². The average Bonchev–Trinajstić information content (AvgIpc) is 2.41. The van der Waals surface area contributed by atoms with Crippen molar-refractivity contribution in [2.45, 2.75) is 51.7 Å². The Kier molecular flexibility index (Phi) is 4.59. The summed E-state index contributed by atoms with van der Waals surface area (Å²) in [7, 11) is 0. The van der Waals surface area contributed by atoms with Crippen molar-refractivity contribution in [3.8, 4) is 5.75 Å². The summed E-state index contributed by atoms with van der Waals surface area (Å²) in [5.74, 6) is 0.720. The highest BCUT2D eigenvalue weighted by Crippen LogP contribution is 2.25. The Morgan fingerprint density at radius 3 is 2.55 bits per heavy atom. The maximum Gasteiger partial charge on any atom is 0.266 e. The Bertz CT molecular complexity index is 470. The van der Waals surface area contributed by atoms with E-state index < -0.39 is 5.60 Å². The van der Waals surface area contributed by atoms with Crippen LogP contribution < -0.4 is 4.74 Å². The summed E-state index contributed by atoms with van der Waals surface area (Å²) in [4.78, 5) is 14.6. The van der Waals surface area contributed by atoms with Crippen molar-refractivity contribution in [3.63, 3.8) is 0 Å². The van der Waals surface area contributed by atoms with Gasteiger partial charge in [-0.05, 0) is 64.3 Å². The van der Waals surface area contributed by atoms with Crippen molar-refractivity contribution < 1.29 is 9.53 Å². The number of hydrogen-bond donors (Lipinski definition) is 0. The van der Waals surface area contributed by atoms with E-state index in [9.17, 15) is 4.79 Å². The molecule has 1 aromatic carbocycles. The van der Waals surface area contributed by atoms with Gasteiger partial charge in [0, 0.05) is 17.6 Å². The summed E-state index contributed by atoms with van der Waals surface area (Å²) < 4.78 is 5.87. The van der Waals surface area contributed by atoms with Crippen LogP contribution in [0.2, 0.25) is 5.02 Å². The standard InChI is InChI=1S/C16H22ClNO2/c1-12-6-4-5-11-18(12)15(19)16(2,3)20-14-9-7-13(17)8-10-14/h7-10,12H,4-6,11H2,1-3H3. The molecule has 3 nitrogen and oxygen atoms in total. The summed E-state index contributed by atoms with van der Waals surface area (Å²) in [6, 6.07) is 7.40. The van der Waals surface area contributed by atoms with Crippen LogP contribution in [0.3, 0.4) is 0 Å². The highest BCUT2D eigenvalue weighted by atomic mass is 35.5. The first-order chi connectivity index (χ1) is 9.40. The van der Waals surface area contributed by atoms with Gasteiger partial charge >= 0.3 is 0 Å². The maximum absolute atomic E-state index is 12.7. The van der Waals surface area contributed by atoms with E-state index in [1.165, 1.54) is 6.42 Å². The fraction of sp³-hybridized carbons (Fsp3) is 0.562. The normalized spacial score (nSPS) is 19.8. The first kappa shape index (κ1) is 15.2. The Morgan fingerprint density at radius 1 is 1.30 bits per heavy atom. The molecule has 20 heavy (non-hydrogen) atoms. The largest absolute Gasteiger partial charge is 0.478 e. The lowest BCUT2D eigenvalue weighted by Gasteiger charge is -2.38. The Labute approximate surface area is 125 Å². The molecule has 1 unspecified atom stereocenters. The third-order valence-electron chi connectivity index (χ3n) is 3.77. The van der Waals surface area contributed by atoms with E-state index in [4.69, 9.17) is 16.3 Å². The third kappa shape index (κ3) is 3.45. The molecule has 1 saturated heterocycles. The van der Waals surface area contributed by atoms with Crippen LogP contribution in [0.15, 0.2) is 24.3 Å². The molecule has 2 rings (SSSR count). The molecule has 1 aliphatic rings. The summed E-state index contributed by atoms with van der Waals surface area (Å²) in [6.07, 6.45) is 3.35. The van der Waals surface area contributed by atoms with Crippen molar-refractivity contribution in [2.24, 2.45) is 0 Å². The van der Waals surface area contributed by atoms with Crippen LogP contribution in [0.1, 0.15) is 40.0 Å². The van der Waals surface area contributed by atoms with Crippen molar-refractivity contribution >= 4 is 17.5 Å². The van der Waals surface area contributed by atoms with Gasteiger partial charge in [-0.15, -0.1) is 0 Å². The minimum atomic E-state index is -0.862. The van der Waals surface area contributed by atoms with Crippen LogP contribution in [0.25, 0.3) is 0 Å². The van der Waals surface area contributed by atoms with Gasteiger partial charge in [-0.1, -0.05) is 11.6 Å². The van der Waals surface area contributed by atoms with Gasteiger partial charge in [-0.2, -0.15) is 0 Å². The van der Waals surface area contributed by atoms with Gasteiger partial charge in [0.15, 0.2) is 5.60 Å². The van der Waals surface area contributed by atoms with Crippen LogP contribution >= 0.6 is 11.6 Å². The lowest BCUT2D eigenvalue weighted by Crippen LogP contribution is -2.53. The molecule has 1 fully saturated rings. The zero-order chi connectivity index (χ0) is 14.8. The maximum atomic E-state index is 12.7. The number of rotatable bonds is 3. The van der Waals surface area contributed by atoms with Gasteiger partial charge in [0.2, 0.25) is 0 Å². The smallest absolute Gasteiger partial charge is 0.266 e. The number of carbonyl (C=O) groups excluding carboxylic acids is 1. The van der Waals surface area contributed by atoms with Gasteiger partial charge < -0.3 is 9.64 Å². The molecule has 0 spiro atoms. The van der Waals surface area contributed by atoms with Crippen LogP contribution in [0, 0.1) is 0 Å². The number of ether oxygens (including phenoxy) is 1. The summed E-state index contributed by atoms with van der Waals surface area (Å²) in [5, 5.41) is 0.658. The number of hydrogen-bond acceptors (Lipinski definition) is 2. The summed E-state index contributed by atoms with van der Waals surface area (Å²) >= 11 is 5.86. The molecule has 0 N–H and O–H groups in total. The van der Waals surface area contributed by atoms with Gasteiger partial charge in [-0.25, -0.2) is 0 Å². The number of amides is 1. The van der Waals surface area contributed by atoms with Crippen molar-refractivity contribution in [1.29, 1.82) is 0 Å². The molecule has 1 amide bonds. The highest BCUT2D eigenvalue weighted by molar-refractivity contribution is 6.30. The predicted octanol–water partition coefficient (Wildman–Crippen LogP) is 3.90. The monoisotopic (exact) mass is 295 g/mol. The van der Waals surface area contributed by atoms with E-state index in [2.05, 4.69) is 6.92 Å². The number of carbonyl (C=O) groups is 1. The fourth-order valence-corrected chi connectivity index (χ4v) is 2.71. The third-order valence-corrected chi connectivity index (χ3v) is 4.02. The lowest BCUT2D eigenvalue weighted by atomic mass is 9.99. The minimum Gasteiger partial charge on any atom is -0.478 e. The molecule has 0 radical (unpaired) electrons. The highest BCUT2D eigenvalue weighted by Gasteiger charge is 2.37. The van der Waals surface area contributed by atoms with Crippen LogP contribution in [0.5, 0.6) is 5.75 Å². The van der Waals surface area contributed by atoms with E-state index in [1.807, 2.05) is 18.7 Å². The van der Waals surface area contributed by atoms with E-state index in [-0.39, 0.29) is 5.91 Å². The molecule has 1 aromatic rings. The quantitative estimate of drug-likeness (QED) is 0.846. The predicted molar refractivity (Wildman–Crippen MR) is 81.2 cm³/mol. The molecule has 0 saturated carbocycles. The zero-order valence-electron chi connectivity index (χ0n) is 12.4. The van der Waals surface area contributed by atoms with E-state index in [1.54, 1.807) is 24.3 Å². The van der Waals surface area contributed by atoms with Gasteiger partial charge in [0.1, 0.15) is 5.75 Å². The Morgan fingerprint density at radius 2 is 1.95 bits per heavy atom.